The molecule has 1 aliphatic rings. The maximum atomic E-state index is 11.9. The van der Waals surface area contributed by atoms with Crippen molar-refractivity contribution in [1.29, 1.82) is 0 Å². The SMILES string of the molecule is CC(C)C(=O)CCC(C)(C)COC(=O)N1CCCCC1. The van der Waals surface area contributed by atoms with Crippen molar-refractivity contribution in [3.8, 4) is 0 Å². The second kappa shape index (κ2) is 7.65. The molecule has 0 aromatic carbocycles. The molecule has 0 spiro atoms. The van der Waals surface area contributed by atoms with Gasteiger partial charge in [-0.3, -0.25) is 4.79 Å². The van der Waals surface area contributed by atoms with Crippen LogP contribution in [0.2, 0.25) is 0 Å². The van der Waals surface area contributed by atoms with Gasteiger partial charge in [-0.1, -0.05) is 27.7 Å². The highest BCUT2D eigenvalue weighted by atomic mass is 16.6. The molecule has 116 valence electrons. The van der Waals surface area contributed by atoms with Crippen LogP contribution >= 0.6 is 0 Å². The predicted molar refractivity (Wildman–Crippen MR) is 79.6 cm³/mol. The topological polar surface area (TPSA) is 46.6 Å². The molecule has 4 heteroatoms. The minimum Gasteiger partial charge on any atom is -0.449 e. The zero-order valence-corrected chi connectivity index (χ0v) is 13.4. The third kappa shape index (κ3) is 5.93. The number of carbonyl (C=O) groups is 2. The minimum atomic E-state index is -0.201. The summed E-state index contributed by atoms with van der Waals surface area (Å²) in [5, 5.41) is 0. The summed E-state index contributed by atoms with van der Waals surface area (Å²) in [4.78, 5) is 25.4. The smallest absolute Gasteiger partial charge is 0.409 e. The van der Waals surface area contributed by atoms with Crippen LogP contribution in [-0.4, -0.2) is 36.5 Å². The number of amides is 1. The monoisotopic (exact) mass is 283 g/mol. The highest BCUT2D eigenvalue weighted by molar-refractivity contribution is 5.80. The summed E-state index contributed by atoms with van der Waals surface area (Å²) in [5.41, 5.74) is -0.143. The van der Waals surface area contributed by atoms with E-state index in [4.69, 9.17) is 4.74 Å². The molecule has 0 aromatic rings. The van der Waals surface area contributed by atoms with Crippen molar-refractivity contribution in [3.63, 3.8) is 0 Å². The average Bonchev–Trinajstić information content (AvgIpc) is 2.43. The Morgan fingerprint density at radius 3 is 2.30 bits per heavy atom. The van der Waals surface area contributed by atoms with Crippen molar-refractivity contribution < 1.29 is 14.3 Å². The van der Waals surface area contributed by atoms with Gasteiger partial charge in [0.15, 0.2) is 0 Å². The van der Waals surface area contributed by atoms with Crippen LogP contribution in [0.5, 0.6) is 0 Å². The van der Waals surface area contributed by atoms with Crippen LogP contribution in [0.4, 0.5) is 4.79 Å². The Labute approximate surface area is 122 Å². The standard InChI is InChI=1S/C16H29NO3/c1-13(2)14(18)8-9-16(3,4)12-20-15(19)17-10-6-5-7-11-17/h13H,5-12H2,1-4H3. The largest absolute Gasteiger partial charge is 0.449 e. The number of hydrogen-bond donors (Lipinski definition) is 0. The van der Waals surface area contributed by atoms with Gasteiger partial charge in [-0.05, 0) is 31.1 Å². The molecule has 1 heterocycles. The summed E-state index contributed by atoms with van der Waals surface area (Å²) >= 11 is 0. The van der Waals surface area contributed by atoms with E-state index in [1.165, 1.54) is 6.42 Å². The molecule has 0 saturated carbocycles. The third-order valence-electron chi connectivity index (χ3n) is 3.89. The van der Waals surface area contributed by atoms with E-state index in [2.05, 4.69) is 0 Å². The normalized spacial score (nSPS) is 16.4. The molecule has 0 bridgehead atoms. The molecule has 1 saturated heterocycles. The fourth-order valence-corrected chi connectivity index (χ4v) is 2.25. The minimum absolute atomic E-state index is 0.0849. The highest BCUT2D eigenvalue weighted by Crippen LogP contribution is 2.24. The zero-order chi connectivity index (χ0) is 15.2. The molecule has 1 rings (SSSR count). The number of piperidine rings is 1. The van der Waals surface area contributed by atoms with Gasteiger partial charge in [-0.15, -0.1) is 0 Å². The van der Waals surface area contributed by atoms with E-state index in [0.717, 1.165) is 32.4 Å². The number of ether oxygens (including phenoxy) is 1. The van der Waals surface area contributed by atoms with Crippen LogP contribution in [0.1, 0.15) is 59.8 Å². The Balaban J connectivity index is 2.30. The number of carbonyl (C=O) groups excluding carboxylic acids is 2. The van der Waals surface area contributed by atoms with E-state index in [1.807, 2.05) is 27.7 Å². The van der Waals surface area contributed by atoms with Gasteiger partial charge in [-0.2, -0.15) is 0 Å². The summed E-state index contributed by atoms with van der Waals surface area (Å²) in [6.45, 7) is 9.94. The molecule has 0 N–H and O–H groups in total. The van der Waals surface area contributed by atoms with E-state index in [9.17, 15) is 9.59 Å². The molecule has 1 aliphatic heterocycles. The number of hydrogen-bond acceptors (Lipinski definition) is 3. The molecule has 0 unspecified atom stereocenters. The van der Waals surface area contributed by atoms with Crippen molar-refractivity contribution in [2.75, 3.05) is 19.7 Å². The number of nitrogens with zero attached hydrogens (tertiary/aromatic N) is 1. The summed E-state index contributed by atoms with van der Waals surface area (Å²) in [6, 6.07) is 0. The van der Waals surface area contributed by atoms with Gasteiger partial charge in [0.2, 0.25) is 0 Å². The van der Waals surface area contributed by atoms with Crippen molar-refractivity contribution >= 4 is 11.9 Å². The molecule has 0 aromatic heterocycles. The van der Waals surface area contributed by atoms with Crippen LogP contribution < -0.4 is 0 Å². The first-order valence-electron chi connectivity index (χ1n) is 7.76. The first kappa shape index (κ1) is 17.0. The number of Topliss-reactive ketones (excluding diaryl/α,β-unsaturated/α-hetero) is 1. The lowest BCUT2D eigenvalue weighted by Gasteiger charge is -2.29. The van der Waals surface area contributed by atoms with Crippen LogP contribution in [0.3, 0.4) is 0 Å². The molecule has 4 nitrogen and oxygen atoms in total. The lowest BCUT2D eigenvalue weighted by molar-refractivity contribution is -0.122. The van der Waals surface area contributed by atoms with Crippen molar-refractivity contribution in [2.24, 2.45) is 11.3 Å². The van der Waals surface area contributed by atoms with Gasteiger partial charge in [0.05, 0.1) is 6.61 Å². The Kier molecular flexibility index (Phi) is 6.50. The number of rotatable bonds is 6. The maximum absolute atomic E-state index is 11.9. The third-order valence-corrected chi connectivity index (χ3v) is 3.89. The van der Waals surface area contributed by atoms with Crippen LogP contribution in [-0.2, 0) is 9.53 Å². The predicted octanol–water partition coefficient (Wildman–Crippen LogP) is 3.64. The lowest BCUT2D eigenvalue weighted by atomic mass is 9.86. The van der Waals surface area contributed by atoms with Crippen molar-refractivity contribution in [1.82, 2.24) is 4.90 Å². The molecule has 0 atom stereocenters. The second-order valence-electron chi connectivity index (χ2n) is 6.89. The van der Waals surface area contributed by atoms with Gasteiger partial charge in [0, 0.05) is 25.4 Å². The fourth-order valence-electron chi connectivity index (χ4n) is 2.25. The van der Waals surface area contributed by atoms with Crippen LogP contribution in [0.25, 0.3) is 0 Å². The summed E-state index contributed by atoms with van der Waals surface area (Å²) in [6.07, 6.45) is 4.46. The average molecular weight is 283 g/mol. The molecule has 1 fully saturated rings. The van der Waals surface area contributed by atoms with Crippen LogP contribution in [0, 0.1) is 11.3 Å². The van der Waals surface area contributed by atoms with Crippen molar-refractivity contribution in [3.05, 3.63) is 0 Å². The fraction of sp³-hybridized carbons (Fsp3) is 0.875. The van der Waals surface area contributed by atoms with Crippen molar-refractivity contribution in [2.45, 2.75) is 59.8 Å². The van der Waals surface area contributed by atoms with Gasteiger partial charge < -0.3 is 9.64 Å². The second-order valence-corrected chi connectivity index (χ2v) is 6.89. The Hall–Kier alpha value is -1.06. The molecular weight excluding hydrogens is 254 g/mol. The molecular formula is C16H29NO3. The van der Waals surface area contributed by atoms with Gasteiger partial charge in [0.25, 0.3) is 0 Å². The van der Waals surface area contributed by atoms with Gasteiger partial charge in [-0.25, -0.2) is 4.79 Å². The zero-order valence-electron chi connectivity index (χ0n) is 13.4. The van der Waals surface area contributed by atoms with E-state index in [0.29, 0.717) is 13.0 Å². The molecule has 1 amide bonds. The van der Waals surface area contributed by atoms with E-state index >= 15 is 0 Å². The Morgan fingerprint density at radius 2 is 1.75 bits per heavy atom. The number of likely N-dealkylation sites (tertiary alicyclic amines) is 1. The Morgan fingerprint density at radius 1 is 1.15 bits per heavy atom. The first-order chi connectivity index (χ1) is 9.32. The molecule has 0 radical (unpaired) electrons. The first-order valence-corrected chi connectivity index (χ1v) is 7.76. The summed E-state index contributed by atoms with van der Waals surface area (Å²) < 4.78 is 5.41. The highest BCUT2D eigenvalue weighted by Gasteiger charge is 2.24. The quantitative estimate of drug-likeness (QED) is 0.747. The maximum Gasteiger partial charge on any atom is 0.409 e. The van der Waals surface area contributed by atoms with Gasteiger partial charge in [0.1, 0.15) is 5.78 Å². The molecule has 0 aliphatic carbocycles. The number of ketones is 1. The molecule has 20 heavy (non-hydrogen) atoms. The summed E-state index contributed by atoms with van der Waals surface area (Å²) in [7, 11) is 0. The lowest BCUT2D eigenvalue weighted by Crippen LogP contribution is -2.37. The van der Waals surface area contributed by atoms with Gasteiger partial charge >= 0.3 is 6.09 Å². The van der Waals surface area contributed by atoms with Crippen LogP contribution in [0.15, 0.2) is 0 Å². The Bertz CT molecular complexity index is 331. The van der Waals surface area contributed by atoms with E-state index in [-0.39, 0.29) is 23.2 Å². The van der Waals surface area contributed by atoms with E-state index < -0.39 is 0 Å². The summed E-state index contributed by atoms with van der Waals surface area (Å²) in [5.74, 6) is 0.363. The van der Waals surface area contributed by atoms with E-state index in [1.54, 1.807) is 4.90 Å².